The van der Waals surface area contributed by atoms with Crippen LogP contribution in [0.3, 0.4) is 0 Å². The normalized spacial score (nSPS) is 20.6. The molecule has 4 nitrogen and oxygen atoms in total. The topological polar surface area (TPSA) is 47.0 Å². The summed E-state index contributed by atoms with van der Waals surface area (Å²) >= 11 is 0. The molecule has 1 N–H and O–H groups in total. The van der Waals surface area contributed by atoms with Gasteiger partial charge in [-0.05, 0) is 57.5 Å². The van der Waals surface area contributed by atoms with E-state index < -0.39 is 0 Å². The Balaban J connectivity index is 1.66. The van der Waals surface area contributed by atoms with Crippen LogP contribution in [0.25, 0.3) is 0 Å². The van der Waals surface area contributed by atoms with Gasteiger partial charge in [-0.25, -0.2) is 9.97 Å². The van der Waals surface area contributed by atoms with Crippen molar-refractivity contribution in [3.63, 3.8) is 0 Å². The maximum absolute atomic E-state index is 6.02. The van der Waals surface area contributed by atoms with Crippen LogP contribution < -0.4 is 10.1 Å². The Labute approximate surface area is 115 Å². The van der Waals surface area contributed by atoms with Crippen LogP contribution in [-0.2, 0) is 12.8 Å². The van der Waals surface area contributed by atoms with Crippen molar-refractivity contribution in [2.75, 3.05) is 19.7 Å². The molecule has 0 amide bonds. The first kappa shape index (κ1) is 12.9. The van der Waals surface area contributed by atoms with Gasteiger partial charge < -0.3 is 10.1 Å². The first-order valence-corrected chi connectivity index (χ1v) is 7.60. The molecule has 0 unspecified atom stereocenters. The van der Waals surface area contributed by atoms with Gasteiger partial charge in [0.1, 0.15) is 6.33 Å². The lowest BCUT2D eigenvalue weighted by Crippen LogP contribution is -2.30. The standard InChI is InChI=1S/C15H23N3O/c1-2-4-13-14(5-3-1)17-11-18-15(13)19-10-12-6-8-16-9-7-12/h11-12,16H,1-10H2. The third kappa shape index (κ3) is 3.24. The van der Waals surface area contributed by atoms with Crippen molar-refractivity contribution in [3.8, 4) is 5.88 Å². The fourth-order valence-electron chi connectivity index (χ4n) is 3.04. The number of hydrogen-bond acceptors (Lipinski definition) is 4. The second kappa shape index (κ2) is 6.33. The highest BCUT2D eigenvalue weighted by atomic mass is 16.5. The van der Waals surface area contributed by atoms with Crippen LogP contribution >= 0.6 is 0 Å². The molecule has 1 aromatic rings. The number of rotatable bonds is 3. The van der Waals surface area contributed by atoms with Gasteiger partial charge in [0.2, 0.25) is 5.88 Å². The zero-order chi connectivity index (χ0) is 12.9. The average Bonchev–Trinajstić information content (AvgIpc) is 2.72. The SMILES string of the molecule is c1nc2c(c(OCC3CCNCC3)n1)CCCCC2. The number of nitrogens with zero attached hydrogens (tertiary/aromatic N) is 2. The van der Waals surface area contributed by atoms with Gasteiger partial charge in [-0.2, -0.15) is 0 Å². The van der Waals surface area contributed by atoms with Gasteiger partial charge in [-0.15, -0.1) is 0 Å². The third-order valence-corrected chi connectivity index (χ3v) is 4.25. The predicted molar refractivity (Wildman–Crippen MR) is 74.4 cm³/mol. The minimum Gasteiger partial charge on any atom is -0.477 e. The maximum Gasteiger partial charge on any atom is 0.219 e. The zero-order valence-corrected chi connectivity index (χ0v) is 11.5. The lowest BCUT2D eigenvalue weighted by molar-refractivity contribution is 0.206. The first-order valence-electron chi connectivity index (χ1n) is 7.60. The highest BCUT2D eigenvalue weighted by Gasteiger charge is 2.18. The second-order valence-electron chi connectivity index (χ2n) is 5.67. The van der Waals surface area contributed by atoms with E-state index in [1.807, 2.05) is 0 Å². The summed E-state index contributed by atoms with van der Waals surface area (Å²) in [7, 11) is 0. The van der Waals surface area contributed by atoms with Crippen molar-refractivity contribution < 1.29 is 4.74 Å². The Morgan fingerprint density at radius 1 is 1.11 bits per heavy atom. The Hall–Kier alpha value is -1.16. The van der Waals surface area contributed by atoms with Gasteiger partial charge in [0.25, 0.3) is 0 Å². The fraction of sp³-hybridized carbons (Fsp3) is 0.733. The molecule has 1 aromatic heterocycles. The Kier molecular flexibility index (Phi) is 4.28. The molecule has 2 heterocycles. The summed E-state index contributed by atoms with van der Waals surface area (Å²) in [6, 6.07) is 0. The molecule has 0 bridgehead atoms. The highest BCUT2D eigenvalue weighted by Crippen LogP contribution is 2.26. The van der Waals surface area contributed by atoms with Crippen LogP contribution in [0.2, 0.25) is 0 Å². The smallest absolute Gasteiger partial charge is 0.219 e. The van der Waals surface area contributed by atoms with Crippen LogP contribution in [0.15, 0.2) is 6.33 Å². The molecule has 1 saturated heterocycles. The Morgan fingerprint density at radius 3 is 2.84 bits per heavy atom. The quantitative estimate of drug-likeness (QED) is 0.847. The van der Waals surface area contributed by atoms with Gasteiger partial charge in [-0.3, -0.25) is 0 Å². The Morgan fingerprint density at radius 2 is 1.95 bits per heavy atom. The zero-order valence-electron chi connectivity index (χ0n) is 11.5. The lowest BCUT2D eigenvalue weighted by Gasteiger charge is -2.23. The molecule has 3 rings (SSSR count). The number of fused-ring (bicyclic) bond motifs is 1. The summed E-state index contributed by atoms with van der Waals surface area (Å²) in [4.78, 5) is 8.80. The maximum atomic E-state index is 6.02. The molecule has 104 valence electrons. The van der Waals surface area contributed by atoms with Crippen molar-refractivity contribution in [1.82, 2.24) is 15.3 Å². The van der Waals surface area contributed by atoms with E-state index in [1.54, 1.807) is 6.33 Å². The van der Waals surface area contributed by atoms with E-state index in [1.165, 1.54) is 43.4 Å². The summed E-state index contributed by atoms with van der Waals surface area (Å²) in [6.07, 6.45) is 10.0. The molecule has 1 aliphatic carbocycles. The van der Waals surface area contributed by atoms with Gasteiger partial charge in [-0.1, -0.05) is 6.42 Å². The molecule has 4 heteroatoms. The van der Waals surface area contributed by atoms with Crippen LogP contribution in [0.5, 0.6) is 5.88 Å². The van der Waals surface area contributed by atoms with E-state index in [0.29, 0.717) is 5.92 Å². The summed E-state index contributed by atoms with van der Waals surface area (Å²) < 4.78 is 6.02. The van der Waals surface area contributed by atoms with Crippen LogP contribution in [0, 0.1) is 5.92 Å². The van der Waals surface area contributed by atoms with Gasteiger partial charge >= 0.3 is 0 Å². The highest BCUT2D eigenvalue weighted by molar-refractivity contribution is 5.30. The van der Waals surface area contributed by atoms with Crippen molar-refractivity contribution in [2.24, 2.45) is 5.92 Å². The number of aryl methyl sites for hydroxylation is 1. The van der Waals surface area contributed by atoms with Crippen LogP contribution in [-0.4, -0.2) is 29.7 Å². The minimum absolute atomic E-state index is 0.678. The fourth-order valence-corrected chi connectivity index (χ4v) is 3.04. The number of piperidine rings is 1. The molecule has 1 aliphatic heterocycles. The molecule has 0 saturated carbocycles. The number of ether oxygens (including phenoxy) is 1. The number of aromatic nitrogens is 2. The number of hydrogen-bond donors (Lipinski definition) is 1. The molecule has 2 aliphatic rings. The van der Waals surface area contributed by atoms with E-state index >= 15 is 0 Å². The third-order valence-electron chi connectivity index (χ3n) is 4.25. The van der Waals surface area contributed by atoms with E-state index in [2.05, 4.69) is 15.3 Å². The minimum atomic E-state index is 0.678. The molecule has 0 spiro atoms. The van der Waals surface area contributed by atoms with E-state index in [0.717, 1.165) is 38.4 Å². The lowest BCUT2D eigenvalue weighted by atomic mass is 9.99. The molecule has 0 aromatic carbocycles. The molecule has 0 radical (unpaired) electrons. The largest absolute Gasteiger partial charge is 0.477 e. The molecule has 0 atom stereocenters. The molecular weight excluding hydrogens is 238 g/mol. The van der Waals surface area contributed by atoms with Crippen molar-refractivity contribution in [3.05, 3.63) is 17.6 Å². The Bertz CT molecular complexity index is 416. The second-order valence-corrected chi connectivity index (χ2v) is 5.67. The van der Waals surface area contributed by atoms with Crippen molar-refractivity contribution >= 4 is 0 Å². The molecular formula is C15H23N3O. The predicted octanol–water partition coefficient (Wildman–Crippen LogP) is 2.12. The van der Waals surface area contributed by atoms with Crippen LogP contribution in [0.1, 0.15) is 43.4 Å². The van der Waals surface area contributed by atoms with Crippen molar-refractivity contribution in [1.29, 1.82) is 0 Å². The van der Waals surface area contributed by atoms with E-state index in [9.17, 15) is 0 Å². The first-order chi connectivity index (χ1) is 9.43. The van der Waals surface area contributed by atoms with Gasteiger partial charge in [0.05, 0.1) is 12.3 Å². The number of nitrogens with one attached hydrogen (secondary N) is 1. The summed E-state index contributed by atoms with van der Waals surface area (Å²) in [5, 5.41) is 3.39. The monoisotopic (exact) mass is 261 g/mol. The summed E-state index contributed by atoms with van der Waals surface area (Å²) in [5.74, 6) is 1.53. The van der Waals surface area contributed by atoms with Crippen molar-refractivity contribution in [2.45, 2.75) is 44.9 Å². The van der Waals surface area contributed by atoms with E-state index in [4.69, 9.17) is 4.74 Å². The molecule has 1 fully saturated rings. The van der Waals surface area contributed by atoms with Crippen LogP contribution in [0.4, 0.5) is 0 Å². The van der Waals surface area contributed by atoms with Gasteiger partial charge in [0.15, 0.2) is 0 Å². The van der Waals surface area contributed by atoms with Gasteiger partial charge in [0, 0.05) is 5.56 Å². The summed E-state index contributed by atoms with van der Waals surface area (Å²) in [5.41, 5.74) is 2.49. The summed E-state index contributed by atoms with van der Waals surface area (Å²) in [6.45, 7) is 3.05. The average molecular weight is 261 g/mol. The van der Waals surface area contributed by atoms with E-state index in [-0.39, 0.29) is 0 Å². The molecule has 19 heavy (non-hydrogen) atoms.